The number of hydrogen-bond donors (Lipinski definition) is 1. The van der Waals surface area contributed by atoms with Gasteiger partial charge in [-0.25, -0.2) is 4.98 Å². The van der Waals surface area contributed by atoms with Gasteiger partial charge in [-0.1, -0.05) is 11.6 Å². The van der Waals surface area contributed by atoms with Gasteiger partial charge in [-0.3, -0.25) is 14.6 Å². The van der Waals surface area contributed by atoms with Crippen molar-refractivity contribution in [2.75, 3.05) is 40.4 Å². The molecule has 2 heterocycles. The number of hydrogen-bond acceptors (Lipinski definition) is 6. The molecule has 0 spiro atoms. The van der Waals surface area contributed by atoms with E-state index in [4.69, 9.17) is 21.1 Å². The maximum atomic E-state index is 12.3. The number of nitrogens with zero attached hydrogens (tertiary/aromatic N) is 3. The highest BCUT2D eigenvalue weighted by atomic mass is 35.5. The molecule has 1 fully saturated rings. The lowest BCUT2D eigenvalue weighted by atomic mass is 10.1. The number of nitrogens with one attached hydrogen (secondary N) is 1. The SMILES string of the molecule is COc1ccc(OC)c(CN2CCN(Cc3nc4cc(Cl)ccc4c(=O)[nH]3)CC2)c1. The number of ether oxygens (including phenoxy) is 2. The van der Waals surface area contributed by atoms with Crippen molar-refractivity contribution in [1.29, 1.82) is 0 Å². The van der Waals surface area contributed by atoms with Gasteiger partial charge in [0, 0.05) is 43.3 Å². The van der Waals surface area contributed by atoms with Gasteiger partial charge in [-0.15, -0.1) is 0 Å². The zero-order valence-electron chi connectivity index (χ0n) is 17.2. The number of rotatable bonds is 6. The van der Waals surface area contributed by atoms with Gasteiger partial charge in [0.25, 0.3) is 5.56 Å². The maximum absolute atomic E-state index is 12.3. The fourth-order valence-electron chi connectivity index (χ4n) is 3.80. The van der Waals surface area contributed by atoms with Crippen LogP contribution in [0.5, 0.6) is 11.5 Å². The van der Waals surface area contributed by atoms with Crippen LogP contribution in [-0.2, 0) is 13.1 Å². The molecule has 2 aromatic carbocycles. The molecule has 8 heteroatoms. The van der Waals surface area contributed by atoms with E-state index in [1.165, 1.54) is 0 Å². The Bertz CT molecular complexity index is 1090. The summed E-state index contributed by atoms with van der Waals surface area (Å²) in [4.78, 5) is 24.5. The largest absolute Gasteiger partial charge is 0.497 e. The normalized spacial score (nSPS) is 15.4. The van der Waals surface area contributed by atoms with Crippen LogP contribution in [0, 0.1) is 0 Å². The summed E-state index contributed by atoms with van der Waals surface area (Å²) < 4.78 is 10.8. The number of methoxy groups -OCH3 is 2. The first-order valence-corrected chi connectivity index (χ1v) is 10.3. The van der Waals surface area contributed by atoms with Gasteiger partial charge in [0.2, 0.25) is 0 Å². The highest BCUT2D eigenvalue weighted by Gasteiger charge is 2.19. The van der Waals surface area contributed by atoms with Gasteiger partial charge in [-0.2, -0.15) is 0 Å². The molecule has 1 aromatic heterocycles. The molecule has 7 nitrogen and oxygen atoms in total. The molecule has 0 saturated carbocycles. The van der Waals surface area contributed by atoms with Crippen molar-refractivity contribution < 1.29 is 9.47 Å². The Hall–Kier alpha value is -2.61. The monoisotopic (exact) mass is 428 g/mol. The Labute approximate surface area is 180 Å². The molecule has 0 bridgehead atoms. The molecule has 3 aromatic rings. The minimum atomic E-state index is -0.129. The molecule has 158 valence electrons. The van der Waals surface area contributed by atoms with Crippen molar-refractivity contribution in [3.05, 3.63) is 63.2 Å². The van der Waals surface area contributed by atoms with E-state index in [0.29, 0.717) is 28.3 Å². The van der Waals surface area contributed by atoms with E-state index in [2.05, 4.69) is 19.8 Å². The molecule has 0 atom stereocenters. The van der Waals surface area contributed by atoms with E-state index in [0.717, 1.165) is 49.8 Å². The van der Waals surface area contributed by atoms with E-state index < -0.39 is 0 Å². The van der Waals surface area contributed by atoms with Crippen LogP contribution in [0.15, 0.2) is 41.2 Å². The summed E-state index contributed by atoms with van der Waals surface area (Å²) in [5, 5.41) is 1.13. The van der Waals surface area contributed by atoms with Crippen molar-refractivity contribution in [2.24, 2.45) is 0 Å². The lowest BCUT2D eigenvalue weighted by Gasteiger charge is -2.34. The van der Waals surface area contributed by atoms with Crippen LogP contribution in [-0.4, -0.2) is 60.2 Å². The summed E-state index contributed by atoms with van der Waals surface area (Å²) in [7, 11) is 3.36. The molecule has 0 amide bonds. The number of H-pyrrole nitrogens is 1. The zero-order valence-corrected chi connectivity index (χ0v) is 17.9. The number of fused-ring (bicyclic) bond motifs is 1. The quantitative estimate of drug-likeness (QED) is 0.651. The van der Waals surface area contributed by atoms with Crippen LogP contribution in [0.4, 0.5) is 0 Å². The molecular weight excluding hydrogens is 404 g/mol. The zero-order chi connectivity index (χ0) is 21.1. The molecule has 0 unspecified atom stereocenters. The van der Waals surface area contributed by atoms with Gasteiger partial charge in [-0.05, 0) is 36.4 Å². The second-order valence-electron chi connectivity index (χ2n) is 7.40. The average molecular weight is 429 g/mol. The third-order valence-corrected chi connectivity index (χ3v) is 5.67. The number of aromatic amines is 1. The minimum Gasteiger partial charge on any atom is -0.497 e. The summed E-state index contributed by atoms with van der Waals surface area (Å²) in [5.74, 6) is 2.36. The summed E-state index contributed by atoms with van der Waals surface area (Å²) in [6.45, 7) is 5.03. The molecule has 1 N–H and O–H groups in total. The van der Waals surface area contributed by atoms with Crippen molar-refractivity contribution in [3.63, 3.8) is 0 Å². The topological polar surface area (TPSA) is 70.7 Å². The fourth-order valence-corrected chi connectivity index (χ4v) is 3.97. The highest BCUT2D eigenvalue weighted by molar-refractivity contribution is 6.31. The summed E-state index contributed by atoms with van der Waals surface area (Å²) in [6.07, 6.45) is 0. The van der Waals surface area contributed by atoms with Gasteiger partial charge in [0.15, 0.2) is 0 Å². The molecule has 4 rings (SSSR count). The predicted molar refractivity (Wildman–Crippen MR) is 117 cm³/mol. The molecule has 1 saturated heterocycles. The van der Waals surface area contributed by atoms with Crippen LogP contribution >= 0.6 is 11.6 Å². The number of halogens is 1. The van der Waals surface area contributed by atoms with Gasteiger partial charge >= 0.3 is 0 Å². The minimum absolute atomic E-state index is 0.129. The average Bonchev–Trinajstić information content (AvgIpc) is 2.74. The summed E-state index contributed by atoms with van der Waals surface area (Å²) in [6, 6.07) is 11.0. The Morgan fingerprint density at radius 3 is 2.43 bits per heavy atom. The lowest BCUT2D eigenvalue weighted by molar-refractivity contribution is 0.119. The Balaban J connectivity index is 1.40. The molecule has 0 radical (unpaired) electrons. The molecule has 1 aliphatic rings. The van der Waals surface area contributed by atoms with Crippen molar-refractivity contribution in [2.45, 2.75) is 13.1 Å². The predicted octanol–water partition coefficient (Wildman–Crippen LogP) is 2.91. The van der Waals surface area contributed by atoms with Crippen molar-refractivity contribution in [1.82, 2.24) is 19.8 Å². The molecular formula is C22H25ClN4O3. The van der Waals surface area contributed by atoms with Crippen LogP contribution in [0.3, 0.4) is 0 Å². The maximum Gasteiger partial charge on any atom is 0.258 e. The summed E-state index contributed by atoms with van der Waals surface area (Å²) >= 11 is 6.05. The fraction of sp³-hybridized carbons (Fsp3) is 0.364. The van der Waals surface area contributed by atoms with Crippen LogP contribution in [0.25, 0.3) is 10.9 Å². The van der Waals surface area contributed by atoms with Crippen LogP contribution in [0.2, 0.25) is 5.02 Å². The van der Waals surface area contributed by atoms with Crippen LogP contribution in [0.1, 0.15) is 11.4 Å². The smallest absolute Gasteiger partial charge is 0.258 e. The number of aromatic nitrogens is 2. The van der Waals surface area contributed by atoms with Gasteiger partial charge in [0.05, 0.1) is 31.7 Å². The van der Waals surface area contributed by atoms with Crippen molar-refractivity contribution >= 4 is 22.5 Å². The second-order valence-corrected chi connectivity index (χ2v) is 7.84. The molecule has 1 aliphatic heterocycles. The summed E-state index contributed by atoms with van der Waals surface area (Å²) in [5.41, 5.74) is 1.61. The highest BCUT2D eigenvalue weighted by Crippen LogP contribution is 2.25. The van der Waals surface area contributed by atoms with E-state index in [1.807, 2.05) is 18.2 Å². The number of piperazine rings is 1. The second kappa shape index (κ2) is 9.04. The Morgan fingerprint density at radius 2 is 1.73 bits per heavy atom. The molecule has 0 aliphatic carbocycles. The van der Waals surface area contributed by atoms with Gasteiger partial charge < -0.3 is 14.5 Å². The Morgan fingerprint density at radius 1 is 1.00 bits per heavy atom. The first-order chi connectivity index (χ1) is 14.6. The van der Waals surface area contributed by atoms with Crippen LogP contribution < -0.4 is 15.0 Å². The lowest BCUT2D eigenvalue weighted by Crippen LogP contribution is -2.45. The van der Waals surface area contributed by atoms with Crippen molar-refractivity contribution in [3.8, 4) is 11.5 Å². The standard InChI is InChI=1S/C22H25ClN4O3/c1-29-17-4-6-20(30-2)15(11-17)13-26-7-9-27(10-8-26)14-21-24-19-12-16(23)3-5-18(19)22(28)25-21/h3-6,11-12H,7-10,13-14H2,1-2H3,(H,24,25,28). The number of benzene rings is 2. The van der Waals surface area contributed by atoms with E-state index >= 15 is 0 Å². The first-order valence-electron chi connectivity index (χ1n) is 9.90. The molecule has 30 heavy (non-hydrogen) atoms. The van der Waals surface area contributed by atoms with E-state index in [-0.39, 0.29) is 5.56 Å². The van der Waals surface area contributed by atoms with E-state index in [1.54, 1.807) is 32.4 Å². The Kier molecular flexibility index (Phi) is 6.22. The van der Waals surface area contributed by atoms with E-state index in [9.17, 15) is 4.79 Å². The first kappa shape index (κ1) is 20.7. The third kappa shape index (κ3) is 4.59. The third-order valence-electron chi connectivity index (χ3n) is 5.44. The van der Waals surface area contributed by atoms with Gasteiger partial charge in [0.1, 0.15) is 17.3 Å².